The van der Waals surface area contributed by atoms with Gasteiger partial charge in [0.25, 0.3) is 0 Å². The summed E-state index contributed by atoms with van der Waals surface area (Å²) in [4.78, 5) is 19.6. The zero-order valence-electron chi connectivity index (χ0n) is 14.5. The van der Waals surface area contributed by atoms with Crippen molar-refractivity contribution in [1.82, 2.24) is 9.97 Å². The SMILES string of the molecule is CCC(Nc1nc(Nc2ccc3ccncc3c2)c(C#N)cc1F)C(N)=O. The highest BCUT2D eigenvalue weighted by Gasteiger charge is 2.18. The number of aromatic nitrogens is 2. The highest BCUT2D eigenvalue weighted by molar-refractivity contribution is 5.86. The molecule has 3 rings (SSSR count). The van der Waals surface area contributed by atoms with E-state index in [1.54, 1.807) is 19.3 Å². The smallest absolute Gasteiger partial charge is 0.239 e. The molecule has 4 N–H and O–H groups in total. The van der Waals surface area contributed by atoms with Crippen molar-refractivity contribution < 1.29 is 9.18 Å². The summed E-state index contributed by atoms with van der Waals surface area (Å²) >= 11 is 0. The second-order valence-electron chi connectivity index (χ2n) is 5.90. The average molecular weight is 364 g/mol. The molecule has 0 aliphatic carbocycles. The lowest BCUT2D eigenvalue weighted by atomic mass is 10.1. The molecule has 27 heavy (non-hydrogen) atoms. The Bertz CT molecular complexity index is 1050. The summed E-state index contributed by atoms with van der Waals surface area (Å²) in [7, 11) is 0. The predicted octanol–water partition coefficient (Wildman–Crippen LogP) is 3.06. The summed E-state index contributed by atoms with van der Waals surface area (Å²) in [6, 6.07) is 9.66. The van der Waals surface area contributed by atoms with Crippen molar-refractivity contribution in [1.29, 1.82) is 5.26 Å². The van der Waals surface area contributed by atoms with Crippen LogP contribution in [0.4, 0.5) is 21.7 Å². The summed E-state index contributed by atoms with van der Waals surface area (Å²) in [6.07, 6.45) is 3.79. The Morgan fingerprint density at radius 3 is 2.81 bits per heavy atom. The number of hydrogen-bond donors (Lipinski definition) is 3. The Morgan fingerprint density at radius 2 is 2.11 bits per heavy atom. The number of fused-ring (bicyclic) bond motifs is 1. The van der Waals surface area contributed by atoms with Gasteiger partial charge in [-0.1, -0.05) is 13.0 Å². The molecule has 136 valence electrons. The maximum Gasteiger partial charge on any atom is 0.239 e. The Kier molecular flexibility index (Phi) is 5.13. The number of nitrogens with zero attached hydrogens (tertiary/aromatic N) is 3. The number of anilines is 3. The van der Waals surface area contributed by atoms with Crippen LogP contribution in [-0.2, 0) is 4.79 Å². The van der Waals surface area contributed by atoms with Crippen LogP contribution in [0.2, 0.25) is 0 Å². The molecule has 1 unspecified atom stereocenters. The van der Waals surface area contributed by atoms with Gasteiger partial charge in [0.1, 0.15) is 12.1 Å². The normalized spacial score (nSPS) is 11.6. The maximum atomic E-state index is 14.3. The number of nitrogens with one attached hydrogen (secondary N) is 2. The molecule has 0 radical (unpaired) electrons. The third kappa shape index (κ3) is 3.93. The molecule has 2 aromatic heterocycles. The third-order valence-electron chi connectivity index (χ3n) is 4.06. The van der Waals surface area contributed by atoms with Crippen LogP contribution in [0, 0.1) is 17.1 Å². The van der Waals surface area contributed by atoms with Gasteiger partial charge in [0.2, 0.25) is 5.91 Å². The summed E-state index contributed by atoms with van der Waals surface area (Å²) in [6.45, 7) is 1.74. The van der Waals surface area contributed by atoms with Crippen molar-refractivity contribution in [2.75, 3.05) is 10.6 Å². The molecule has 0 aliphatic rings. The summed E-state index contributed by atoms with van der Waals surface area (Å²) < 4.78 is 14.3. The van der Waals surface area contributed by atoms with Crippen LogP contribution >= 0.6 is 0 Å². The molecule has 1 amide bonds. The molecule has 0 saturated carbocycles. The van der Waals surface area contributed by atoms with Gasteiger partial charge < -0.3 is 16.4 Å². The molecule has 1 aromatic carbocycles. The number of carbonyl (C=O) groups excluding carboxylic acids is 1. The minimum absolute atomic E-state index is 0.0384. The van der Waals surface area contributed by atoms with Gasteiger partial charge in [-0.2, -0.15) is 5.26 Å². The minimum atomic E-state index is -0.764. The Labute approximate surface area is 155 Å². The fraction of sp³-hybridized carbons (Fsp3) is 0.158. The fourth-order valence-corrected chi connectivity index (χ4v) is 2.61. The average Bonchev–Trinajstić information content (AvgIpc) is 2.67. The molecule has 0 bridgehead atoms. The van der Waals surface area contributed by atoms with Gasteiger partial charge in [-0.25, -0.2) is 9.37 Å². The standard InChI is InChI=1S/C19H17FN6O/c1-2-16(17(22)27)25-19-15(20)8-12(9-21)18(26-19)24-14-4-3-11-5-6-23-10-13(11)7-14/h3-8,10,16H,2H2,1H3,(H2,22,27)(H2,24,25,26). The largest absolute Gasteiger partial charge is 0.368 e. The maximum absolute atomic E-state index is 14.3. The highest BCUT2D eigenvalue weighted by atomic mass is 19.1. The molecule has 0 fully saturated rings. The first-order chi connectivity index (χ1) is 13.0. The van der Waals surface area contributed by atoms with E-state index in [9.17, 15) is 14.4 Å². The van der Waals surface area contributed by atoms with Crippen molar-refractivity contribution >= 4 is 34.0 Å². The molecule has 3 aromatic rings. The zero-order valence-corrected chi connectivity index (χ0v) is 14.5. The van der Waals surface area contributed by atoms with Gasteiger partial charge in [0.05, 0.1) is 5.56 Å². The van der Waals surface area contributed by atoms with Crippen LogP contribution in [0.15, 0.2) is 42.7 Å². The Hall–Kier alpha value is -3.73. The number of nitriles is 1. The van der Waals surface area contributed by atoms with E-state index in [2.05, 4.69) is 20.6 Å². The highest BCUT2D eigenvalue weighted by Crippen LogP contribution is 2.26. The van der Waals surface area contributed by atoms with Crippen molar-refractivity contribution in [3.63, 3.8) is 0 Å². The van der Waals surface area contributed by atoms with Crippen molar-refractivity contribution in [3.8, 4) is 6.07 Å². The van der Waals surface area contributed by atoms with Gasteiger partial charge >= 0.3 is 0 Å². The number of halogens is 1. The number of nitrogens with two attached hydrogens (primary N) is 1. The molecule has 2 heterocycles. The number of hydrogen-bond acceptors (Lipinski definition) is 6. The van der Waals surface area contributed by atoms with Crippen molar-refractivity contribution in [2.24, 2.45) is 5.73 Å². The van der Waals surface area contributed by atoms with E-state index in [0.717, 1.165) is 16.8 Å². The van der Waals surface area contributed by atoms with Crippen LogP contribution in [0.5, 0.6) is 0 Å². The van der Waals surface area contributed by atoms with E-state index in [4.69, 9.17) is 5.73 Å². The summed E-state index contributed by atoms with van der Waals surface area (Å²) in [5.74, 6) is -1.33. The summed E-state index contributed by atoms with van der Waals surface area (Å²) in [5.41, 5.74) is 5.99. The van der Waals surface area contributed by atoms with Crippen molar-refractivity contribution in [2.45, 2.75) is 19.4 Å². The van der Waals surface area contributed by atoms with Gasteiger partial charge in [0.15, 0.2) is 17.5 Å². The number of carbonyl (C=O) groups is 1. The van der Waals surface area contributed by atoms with Crippen molar-refractivity contribution in [3.05, 3.63) is 54.1 Å². The molecule has 1 atom stereocenters. The van der Waals surface area contributed by atoms with Crippen LogP contribution < -0.4 is 16.4 Å². The monoisotopic (exact) mass is 364 g/mol. The molecule has 0 spiro atoms. The van der Waals surface area contributed by atoms with Crippen LogP contribution in [0.3, 0.4) is 0 Å². The first-order valence-corrected chi connectivity index (χ1v) is 8.29. The number of amides is 1. The predicted molar refractivity (Wildman–Crippen MR) is 101 cm³/mol. The molecular formula is C19H17FN6O. The Balaban J connectivity index is 1.96. The van der Waals surface area contributed by atoms with E-state index in [1.165, 1.54) is 0 Å². The molecular weight excluding hydrogens is 347 g/mol. The molecule has 0 aliphatic heterocycles. The first-order valence-electron chi connectivity index (χ1n) is 8.29. The zero-order chi connectivity index (χ0) is 19.4. The second kappa shape index (κ2) is 7.66. The number of primary amides is 1. The Morgan fingerprint density at radius 1 is 1.30 bits per heavy atom. The lowest BCUT2D eigenvalue weighted by Crippen LogP contribution is -2.35. The number of pyridine rings is 2. The van der Waals surface area contributed by atoms with Crippen LogP contribution in [0.1, 0.15) is 18.9 Å². The minimum Gasteiger partial charge on any atom is -0.368 e. The quantitative estimate of drug-likeness (QED) is 0.619. The van der Waals surface area contributed by atoms with E-state index < -0.39 is 17.8 Å². The van der Waals surface area contributed by atoms with Gasteiger partial charge in [0, 0.05) is 23.5 Å². The topological polar surface area (TPSA) is 117 Å². The molecule has 0 saturated heterocycles. The van der Waals surface area contributed by atoms with E-state index in [0.29, 0.717) is 12.1 Å². The molecule has 8 heteroatoms. The van der Waals surface area contributed by atoms with E-state index >= 15 is 0 Å². The lowest BCUT2D eigenvalue weighted by Gasteiger charge is -2.16. The van der Waals surface area contributed by atoms with Gasteiger partial charge in [-0.15, -0.1) is 0 Å². The third-order valence-corrected chi connectivity index (χ3v) is 4.06. The van der Waals surface area contributed by atoms with Gasteiger partial charge in [-0.3, -0.25) is 9.78 Å². The first kappa shape index (κ1) is 18.1. The van der Waals surface area contributed by atoms with E-state index in [-0.39, 0.29) is 17.2 Å². The molecule has 7 nitrogen and oxygen atoms in total. The number of rotatable bonds is 6. The second-order valence-corrected chi connectivity index (χ2v) is 5.90. The summed E-state index contributed by atoms with van der Waals surface area (Å²) in [5, 5.41) is 16.9. The van der Waals surface area contributed by atoms with Crippen LogP contribution in [0.25, 0.3) is 10.8 Å². The van der Waals surface area contributed by atoms with Gasteiger partial charge in [-0.05, 0) is 36.1 Å². The number of benzene rings is 1. The van der Waals surface area contributed by atoms with Crippen LogP contribution in [-0.4, -0.2) is 21.9 Å². The lowest BCUT2D eigenvalue weighted by molar-refractivity contribution is -0.118. The van der Waals surface area contributed by atoms with E-state index in [1.807, 2.05) is 30.3 Å². The fourth-order valence-electron chi connectivity index (χ4n) is 2.61.